The summed E-state index contributed by atoms with van der Waals surface area (Å²) in [5.74, 6) is 0.514. The highest BCUT2D eigenvalue weighted by Crippen LogP contribution is 2.14. The molecule has 0 aromatic carbocycles. The second-order valence-electron chi connectivity index (χ2n) is 4.99. The van der Waals surface area contributed by atoms with Crippen LogP contribution in [0.2, 0.25) is 0 Å². The van der Waals surface area contributed by atoms with Crippen LogP contribution in [0.4, 0.5) is 5.82 Å². The Morgan fingerprint density at radius 3 is 2.60 bits per heavy atom. The molecule has 0 fully saturated rings. The molecule has 0 saturated carbocycles. The molecular weight excluding hydrogens is 258 g/mol. The average Bonchev–Trinajstić information content (AvgIpc) is 2.42. The first kappa shape index (κ1) is 14.3. The molecule has 2 heterocycles. The second-order valence-corrected chi connectivity index (χ2v) is 4.99. The Bertz CT molecular complexity index is 745. The zero-order valence-electron chi connectivity index (χ0n) is 12.2. The van der Waals surface area contributed by atoms with Crippen molar-refractivity contribution in [2.45, 2.75) is 0 Å². The normalized spacial score (nSPS) is 11.2. The van der Waals surface area contributed by atoms with E-state index in [-0.39, 0.29) is 11.2 Å². The number of aromatic nitrogens is 3. The molecule has 0 aliphatic carbocycles. The molecule has 2 rings (SSSR count). The molecule has 0 aliphatic heterocycles. The summed E-state index contributed by atoms with van der Waals surface area (Å²) >= 11 is 0. The molecule has 0 aliphatic rings. The first-order valence-electron chi connectivity index (χ1n) is 6.37. The first-order valence-corrected chi connectivity index (χ1v) is 6.37. The molecule has 1 N–H and O–H groups in total. The van der Waals surface area contributed by atoms with Gasteiger partial charge in [-0.3, -0.25) is 13.9 Å². The lowest BCUT2D eigenvalue weighted by molar-refractivity contribution is 0.425. The molecule has 7 heteroatoms. The van der Waals surface area contributed by atoms with Crippen molar-refractivity contribution in [1.29, 1.82) is 0 Å². The van der Waals surface area contributed by atoms with Crippen LogP contribution in [-0.4, -0.2) is 46.2 Å². The van der Waals surface area contributed by atoms with Crippen molar-refractivity contribution < 1.29 is 0 Å². The van der Waals surface area contributed by atoms with Crippen LogP contribution in [0.1, 0.15) is 0 Å². The quantitative estimate of drug-likeness (QED) is 0.824. The van der Waals surface area contributed by atoms with Crippen molar-refractivity contribution in [3.63, 3.8) is 0 Å². The second kappa shape index (κ2) is 5.46. The fourth-order valence-electron chi connectivity index (χ4n) is 2.06. The maximum Gasteiger partial charge on any atom is 0.330 e. The van der Waals surface area contributed by atoms with Crippen LogP contribution in [-0.2, 0) is 14.1 Å². The Morgan fingerprint density at radius 2 is 1.95 bits per heavy atom. The fraction of sp³-hybridized carbons (Fsp3) is 0.462. The largest absolute Gasteiger partial charge is 0.368 e. The van der Waals surface area contributed by atoms with E-state index in [4.69, 9.17) is 0 Å². The van der Waals surface area contributed by atoms with Gasteiger partial charge in [-0.05, 0) is 20.2 Å². The Labute approximate surface area is 116 Å². The number of nitrogens with zero attached hydrogens (tertiary/aromatic N) is 4. The molecule has 20 heavy (non-hydrogen) atoms. The first-order chi connectivity index (χ1) is 9.43. The Kier molecular flexibility index (Phi) is 3.89. The van der Waals surface area contributed by atoms with E-state index in [0.717, 1.165) is 11.1 Å². The molecule has 0 saturated heterocycles. The van der Waals surface area contributed by atoms with Gasteiger partial charge in [-0.15, -0.1) is 0 Å². The monoisotopic (exact) mass is 277 g/mol. The minimum Gasteiger partial charge on any atom is -0.368 e. The number of pyridine rings is 1. The standard InChI is InChI=1S/C13H19N5O2/c1-16(2)8-7-15-11-10-9(5-6-14-11)17(3)13(20)18(4)12(10)19/h5-6H,7-8H2,1-4H3,(H,14,15). The van der Waals surface area contributed by atoms with E-state index in [1.807, 2.05) is 19.0 Å². The Hall–Kier alpha value is -2.15. The van der Waals surface area contributed by atoms with Gasteiger partial charge in [0, 0.05) is 33.4 Å². The van der Waals surface area contributed by atoms with Crippen molar-refractivity contribution in [1.82, 2.24) is 19.0 Å². The van der Waals surface area contributed by atoms with Crippen molar-refractivity contribution in [2.24, 2.45) is 14.1 Å². The molecule has 7 nitrogen and oxygen atoms in total. The zero-order valence-corrected chi connectivity index (χ0v) is 12.2. The Balaban J connectivity index is 2.57. The summed E-state index contributed by atoms with van der Waals surface area (Å²) < 4.78 is 2.55. The molecule has 0 bridgehead atoms. The molecule has 0 unspecified atom stereocenters. The van der Waals surface area contributed by atoms with Gasteiger partial charge in [0.15, 0.2) is 0 Å². The summed E-state index contributed by atoms with van der Waals surface area (Å²) in [5.41, 5.74) is -0.0862. The maximum atomic E-state index is 12.3. The third-order valence-electron chi connectivity index (χ3n) is 3.23. The van der Waals surface area contributed by atoms with Crippen molar-refractivity contribution in [3.05, 3.63) is 33.1 Å². The predicted octanol–water partition coefficient (Wildman–Crippen LogP) is -0.394. The van der Waals surface area contributed by atoms with Crippen molar-refractivity contribution in [3.8, 4) is 0 Å². The number of likely N-dealkylation sites (N-methyl/N-ethyl adjacent to an activating group) is 1. The van der Waals surface area contributed by atoms with Crippen LogP contribution in [0.25, 0.3) is 10.9 Å². The molecule has 108 valence electrons. The topological polar surface area (TPSA) is 72.2 Å². The molecule has 0 radical (unpaired) electrons. The van der Waals surface area contributed by atoms with Gasteiger partial charge in [0.1, 0.15) is 11.2 Å². The van der Waals surface area contributed by atoms with Crippen LogP contribution in [0, 0.1) is 0 Å². The van der Waals surface area contributed by atoms with Gasteiger partial charge < -0.3 is 10.2 Å². The van der Waals surface area contributed by atoms with E-state index < -0.39 is 0 Å². The number of aryl methyl sites for hydroxylation is 1. The zero-order chi connectivity index (χ0) is 14.9. The average molecular weight is 277 g/mol. The summed E-state index contributed by atoms with van der Waals surface area (Å²) in [6, 6.07) is 1.68. The van der Waals surface area contributed by atoms with E-state index in [0.29, 0.717) is 23.3 Å². The summed E-state index contributed by atoms with van der Waals surface area (Å²) in [6.45, 7) is 1.50. The summed E-state index contributed by atoms with van der Waals surface area (Å²) in [6.07, 6.45) is 1.60. The van der Waals surface area contributed by atoms with Gasteiger partial charge in [0.2, 0.25) is 0 Å². The molecule has 2 aromatic rings. The van der Waals surface area contributed by atoms with Crippen LogP contribution in [0.5, 0.6) is 0 Å². The van der Waals surface area contributed by atoms with Crippen molar-refractivity contribution in [2.75, 3.05) is 32.5 Å². The lowest BCUT2D eigenvalue weighted by Crippen LogP contribution is -2.37. The molecule has 0 amide bonds. The summed E-state index contributed by atoms with van der Waals surface area (Å²) in [5, 5.41) is 3.59. The van der Waals surface area contributed by atoms with Gasteiger partial charge in [0.05, 0.1) is 5.52 Å². The lowest BCUT2D eigenvalue weighted by Gasteiger charge is -2.13. The number of fused-ring (bicyclic) bond motifs is 1. The fourth-order valence-corrected chi connectivity index (χ4v) is 2.06. The maximum absolute atomic E-state index is 12.3. The van der Waals surface area contributed by atoms with Gasteiger partial charge in [0.25, 0.3) is 5.56 Å². The van der Waals surface area contributed by atoms with E-state index in [1.165, 1.54) is 11.6 Å². The number of nitrogens with one attached hydrogen (secondary N) is 1. The van der Waals surface area contributed by atoms with Crippen LogP contribution in [0.15, 0.2) is 21.9 Å². The minimum atomic E-state index is -0.340. The van der Waals surface area contributed by atoms with Gasteiger partial charge in [-0.1, -0.05) is 0 Å². The number of hydrogen-bond acceptors (Lipinski definition) is 5. The molecule has 0 spiro atoms. The van der Waals surface area contributed by atoms with E-state index in [2.05, 4.69) is 10.3 Å². The van der Waals surface area contributed by atoms with Gasteiger partial charge in [-0.25, -0.2) is 9.78 Å². The van der Waals surface area contributed by atoms with Crippen LogP contribution in [0.3, 0.4) is 0 Å². The number of rotatable bonds is 4. The molecule has 2 aromatic heterocycles. The highest BCUT2D eigenvalue weighted by molar-refractivity contribution is 5.88. The predicted molar refractivity (Wildman–Crippen MR) is 79.3 cm³/mol. The van der Waals surface area contributed by atoms with Crippen molar-refractivity contribution >= 4 is 16.7 Å². The van der Waals surface area contributed by atoms with E-state index >= 15 is 0 Å². The number of hydrogen-bond donors (Lipinski definition) is 1. The highest BCUT2D eigenvalue weighted by Gasteiger charge is 2.12. The van der Waals surface area contributed by atoms with Crippen LogP contribution < -0.4 is 16.6 Å². The van der Waals surface area contributed by atoms with E-state index in [9.17, 15) is 9.59 Å². The third-order valence-corrected chi connectivity index (χ3v) is 3.23. The molecule has 0 atom stereocenters. The third kappa shape index (κ3) is 2.44. The smallest absolute Gasteiger partial charge is 0.330 e. The lowest BCUT2D eigenvalue weighted by atomic mass is 10.2. The van der Waals surface area contributed by atoms with Crippen LogP contribution >= 0.6 is 0 Å². The Morgan fingerprint density at radius 1 is 1.25 bits per heavy atom. The minimum absolute atomic E-state index is 0.330. The highest BCUT2D eigenvalue weighted by atomic mass is 16.2. The van der Waals surface area contributed by atoms with Gasteiger partial charge in [-0.2, -0.15) is 0 Å². The summed E-state index contributed by atoms with van der Waals surface area (Å²) in [4.78, 5) is 30.4. The summed E-state index contributed by atoms with van der Waals surface area (Å²) in [7, 11) is 7.07. The number of anilines is 1. The van der Waals surface area contributed by atoms with Gasteiger partial charge >= 0.3 is 5.69 Å². The van der Waals surface area contributed by atoms with E-state index in [1.54, 1.807) is 19.3 Å². The molecular formula is C13H19N5O2. The SMILES string of the molecule is CN(C)CCNc1nccc2c1c(=O)n(C)c(=O)n2C.